The molecule has 0 unspecified atom stereocenters. The van der Waals surface area contributed by atoms with Gasteiger partial charge in [0.15, 0.2) is 5.82 Å². The molecule has 2 aliphatic rings. The summed E-state index contributed by atoms with van der Waals surface area (Å²) in [4.78, 5) is 16.1. The fourth-order valence-corrected chi connectivity index (χ4v) is 3.80. The smallest absolute Gasteiger partial charge is 0.257 e. The van der Waals surface area contributed by atoms with Crippen molar-refractivity contribution in [3.05, 3.63) is 12.4 Å². The summed E-state index contributed by atoms with van der Waals surface area (Å²) in [6, 6.07) is 0.676. The standard InChI is InChI=1S/C17H29N5O/c1-14(21-12-10-20(2)11-13-21)15-4-8-22(9-5-15)16-17(23-3)19-7-6-18-16/h6-7,14-15H,4-5,8-13H2,1-3H3/t14-/m0/s1. The van der Waals surface area contributed by atoms with Crippen molar-refractivity contribution in [2.24, 2.45) is 5.92 Å². The number of likely N-dealkylation sites (N-methyl/N-ethyl adjacent to an activating group) is 1. The van der Waals surface area contributed by atoms with Crippen LogP contribution in [0.25, 0.3) is 0 Å². The van der Waals surface area contributed by atoms with Gasteiger partial charge in [0, 0.05) is 57.7 Å². The highest BCUT2D eigenvalue weighted by molar-refractivity contribution is 5.48. The Balaban J connectivity index is 1.56. The molecule has 3 rings (SSSR count). The van der Waals surface area contributed by atoms with Crippen LogP contribution in [-0.4, -0.2) is 79.2 Å². The summed E-state index contributed by atoms with van der Waals surface area (Å²) in [6.45, 7) is 9.29. The third-order valence-corrected chi connectivity index (χ3v) is 5.48. The van der Waals surface area contributed by atoms with Crippen LogP contribution in [0.3, 0.4) is 0 Å². The Kier molecular flexibility index (Phi) is 5.33. The first kappa shape index (κ1) is 16.5. The normalized spacial score (nSPS) is 23.0. The third-order valence-electron chi connectivity index (χ3n) is 5.48. The first-order valence-electron chi connectivity index (χ1n) is 8.71. The number of aromatic nitrogens is 2. The second-order valence-corrected chi connectivity index (χ2v) is 6.79. The molecule has 0 N–H and O–H groups in total. The lowest BCUT2D eigenvalue weighted by Crippen LogP contribution is -2.51. The molecule has 23 heavy (non-hydrogen) atoms. The zero-order valence-corrected chi connectivity index (χ0v) is 14.6. The number of nitrogens with zero attached hydrogens (tertiary/aromatic N) is 5. The molecular formula is C17H29N5O. The van der Waals surface area contributed by atoms with Crippen molar-refractivity contribution < 1.29 is 4.74 Å². The summed E-state index contributed by atoms with van der Waals surface area (Å²) < 4.78 is 5.35. The Morgan fingerprint density at radius 2 is 1.70 bits per heavy atom. The molecule has 2 saturated heterocycles. The largest absolute Gasteiger partial charge is 0.478 e. The quantitative estimate of drug-likeness (QED) is 0.834. The fourth-order valence-electron chi connectivity index (χ4n) is 3.80. The molecule has 6 heteroatoms. The first-order chi connectivity index (χ1) is 11.2. The van der Waals surface area contributed by atoms with E-state index in [-0.39, 0.29) is 0 Å². The van der Waals surface area contributed by atoms with Crippen molar-refractivity contribution in [3.8, 4) is 5.88 Å². The molecule has 0 saturated carbocycles. The Labute approximate surface area is 139 Å². The third kappa shape index (κ3) is 3.75. The van der Waals surface area contributed by atoms with Crippen LogP contribution in [0.15, 0.2) is 12.4 Å². The first-order valence-corrected chi connectivity index (χ1v) is 8.71. The van der Waals surface area contributed by atoms with E-state index < -0.39 is 0 Å². The molecular weight excluding hydrogens is 290 g/mol. The van der Waals surface area contributed by atoms with Gasteiger partial charge in [-0.1, -0.05) is 0 Å². The van der Waals surface area contributed by atoms with E-state index in [2.05, 4.69) is 38.6 Å². The Bertz CT molecular complexity index is 496. The Morgan fingerprint density at radius 1 is 1.04 bits per heavy atom. The van der Waals surface area contributed by atoms with Gasteiger partial charge in [-0.2, -0.15) is 0 Å². The molecule has 128 valence electrons. The summed E-state index contributed by atoms with van der Waals surface area (Å²) in [5, 5.41) is 0. The molecule has 0 amide bonds. The van der Waals surface area contributed by atoms with E-state index in [1.807, 2.05) is 0 Å². The topological polar surface area (TPSA) is 44.7 Å². The number of hydrogen-bond acceptors (Lipinski definition) is 6. The van der Waals surface area contributed by atoms with Crippen LogP contribution in [0.5, 0.6) is 5.88 Å². The van der Waals surface area contributed by atoms with Crippen LogP contribution in [0.4, 0.5) is 5.82 Å². The van der Waals surface area contributed by atoms with Gasteiger partial charge in [-0.3, -0.25) is 4.90 Å². The van der Waals surface area contributed by atoms with Crippen molar-refractivity contribution in [1.29, 1.82) is 0 Å². The van der Waals surface area contributed by atoms with Crippen LogP contribution in [0, 0.1) is 5.92 Å². The number of piperidine rings is 1. The molecule has 0 bridgehead atoms. The van der Waals surface area contributed by atoms with Gasteiger partial charge in [0.1, 0.15) is 0 Å². The van der Waals surface area contributed by atoms with Gasteiger partial charge in [0.2, 0.25) is 0 Å². The van der Waals surface area contributed by atoms with Crippen LogP contribution < -0.4 is 9.64 Å². The monoisotopic (exact) mass is 319 g/mol. The van der Waals surface area contributed by atoms with Gasteiger partial charge in [0.05, 0.1) is 7.11 Å². The van der Waals surface area contributed by atoms with E-state index in [1.165, 1.54) is 39.0 Å². The zero-order valence-electron chi connectivity index (χ0n) is 14.6. The van der Waals surface area contributed by atoms with Gasteiger partial charge in [0.25, 0.3) is 5.88 Å². The summed E-state index contributed by atoms with van der Waals surface area (Å²) >= 11 is 0. The number of ether oxygens (including phenoxy) is 1. The van der Waals surface area contributed by atoms with Crippen LogP contribution >= 0.6 is 0 Å². The van der Waals surface area contributed by atoms with Crippen molar-refractivity contribution >= 4 is 5.82 Å². The molecule has 2 fully saturated rings. The molecule has 0 spiro atoms. The number of rotatable bonds is 4. The van der Waals surface area contributed by atoms with E-state index in [0.29, 0.717) is 11.9 Å². The highest BCUT2D eigenvalue weighted by Gasteiger charge is 2.30. The summed E-state index contributed by atoms with van der Waals surface area (Å²) in [5.74, 6) is 2.30. The predicted octanol–water partition coefficient (Wildman–Crippen LogP) is 1.34. The average Bonchev–Trinajstić information content (AvgIpc) is 2.62. The Hall–Kier alpha value is -1.40. The number of anilines is 1. The molecule has 1 atom stereocenters. The highest BCUT2D eigenvalue weighted by Crippen LogP contribution is 2.30. The second kappa shape index (κ2) is 7.45. The van der Waals surface area contributed by atoms with E-state index in [1.54, 1.807) is 19.5 Å². The lowest BCUT2D eigenvalue weighted by atomic mass is 9.89. The molecule has 0 aromatic carbocycles. The minimum Gasteiger partial charge on any atom is -0.478 e. The summed E-state index contributed by atoms with van der Waals surface area (Å²) in [7, 11) is 3.88. The van der Waals surface area contributed by atoms with Gasteiger partial charge in [-0.05, 0) is 32.7 Å². The maximum Gasteiger partial charge on any atom is 0.257 e. The van der Waals surface area contributed by atoms with Gasteiger partial charge in [-0.25, -0.2) is 9.97 Å². The van der Waals surface area contributed by atoms with Crippen molar-refractivity contribution in [1.82, 2.24) is 19.8 Å². The van der Waals surface area contributed by atoms with Gasteiger partial charge < -0.3 is 14.5 Å². The van der Waals surface area contributed by atoms with Crippen LogP contribution in [0.2, 0.25) is 0 Å². The molecule has 0 radical (unpaired) electrons. The lowest BCUT2D eigenvalue weighted by molar-refractivity contribution is 0.0813. The number of piperazine rings is 1. The van der Waals surface area contributed by atoms with Crippen LogP contribution in [-0.2, 0) is 0 Å². The summed E-state index contributed by atoms with van der Waals surface area (Å²) in [5.41, 5.74) is 0. The minimum absolute atomic E-state index is 0.637. The number of methoxy groups -OCH3 is 1. The maximum atomic E-state index is 5.35. The highest BCUT2D eigenvalue weighted by atomic mass is 16.5. The second-order valence-electron chi connectivity index (χ2n) is 6.79. The van der Waals surface area contributed by atoms with Crippen molar-refractivity contribution in [2.45, 2.75) is 25.8 Å². The van der Waals surface area contributed by atoms with E-state index in [9.17, 15) is 0 Å². The van der Waals surface area contributed by atoms with Crippen molar-refractivity contribution in [2.75, 3.05) is 58.3 Å². The minimum atomic E-state index is 0.637. The summed E-state index contributed by atoms with van der Waals surface area (Å²) in [6.07, 6.45) is 5.86. The zero-order chi connectivity index (χ0) is 16.2. The average molecular weight is 319 g/mol. The molecule has 1 aromatic rings. The number of hydrogen-bond donors (Lipinski definition) is 0. The van der Waals surface area contributed by atoms with Gasteiger partial charge >= 0.3 is 0 Å². The van der Waals surface area contributed by atoms with E-state index in [0.717, 1.165) is 24.8 Å². The fraction of sp³-hybridized carbons (Fsp3) is 0.765. The lowest BCUT2D eigenvalue weighted by Gasteiger charge is -2.42. The molecule has 1 aromatic heterocycles. The SMILES string of the molecule is COc1nccnc1N1CCC([C@H](C)N2CCN(C)CC2)CC1. The predicted molar refractivity (Wildman–Crippen MR) is 92.1 cm³/mol. The molecule has 2 aliphatic heterocycles. The molecule has 0 aliphatic carbocycles. The van der Waals surface area contributed by atoms with E-state index >= 15 is 0 Å². The molecule has 6 nitrogen and oxygen atoms in total. The van der Waals surface area contributed by atoms with Gasteiger partial charge in [-0.15, -0.1) is 0 Å². The van der Waals surface area contributed by atoms with E-state index in [4.69, 9.17) is 4.74 Å². The Morgan fingerprint density at radius 3 is 2.35 bits per heavy atom. The molecule has 3 heterocycles. The van der Waals surface area contributed by atoms with Crippen molar-refractivity contribution in [3.63, 3.8) is 0 Å². The maximum absolute atomic E-state index is 5.35. The van der Waals surface area contributed by atoms with Crippen LogP contribution in [0.1, 0.15) is 19.8 Å².